The molecule has 0 bridgehead atoms. The van der Waals surface area contributed by atoms with Crippen molar-refractivity contribution in [1.29, 1.82) is 0 Å². The van der Waals surface area contributed by atoms with Gasteiger partial charge in [0.25, 0.3) is 0 Å². The van der Waals surface area contributed by atoms with E-state index in [1.54, 1.807) is 0 Å². The zero-order valence-electron chi connectivity index (χ0n) is 11.9. The number of hydrogen-bond donors (Lipinski definition) is 2. The Morgan fingerprint density at radius 3 is 2.74 bits per heavy atom. The van der Waals surface area contributed by atoms with Crippen LogP contribution in [0.3, 0.4) is 0 Å². The molecular formula is C16H22N2O. The molecule has 0 aliphatic heterocycles. The van der Waals surface area contributed by atoms with E-state index in [0.717, 1.165) is 23.1 Å². The van der Waals surface area contributed by atoms with Crippen LogP contribution in [-0.2, 0) is 6.54 Å². The summed E-state index contributed by atoms with van der Waals surface area (Å²) in [6.07, 6.45) is -0.287. The van der Waals surface area contributed by atoms with Crippen LogP contribution >= 0.6 is 0 Å². The first-order valence-corrected chi connectivity index (χ1v) is 6.81. The van der Waals surface area contributed by atoms with Crippen LogP contribution in [0.2, 0.25) is 0 Å². The zero-order chi connectivity index (χ0) is 13.8. The second kappa shape index (κ2) is 6.13. The molecule has 2 aromatic rings. The molecule has 2 rings (SSSR count). The molecule has 0 spiro atoms. The first kappa shape index (κ1) is 14.0. The highest BCUT2D eigenvalue weighted by Crippen LogP contribution is 2.14. The number of benzene rings is 1. The minimum Gasteiger partial charge on any atom is -0.392 e. The number of nitrogens with zero attached hydrogens (tertiary/aromatic N) is 1. The van der Waals surface area contributed by atoms with Crippen molar-refractivity contribution in [2.45, 2.75) is 33.4 Å². The lowest BCUT2D eigenvalue weighted by molar-refractivity contribution is 0.123. The van der Waals surface area contributed by atoms with Crippen molar-refractivity contribution >= 4 is 10.9 Å². The van der Waals surface area contributed by atoms with E-state index in [-0.39, 0.29) is 12.0 Å². The van der Waals surface area contributed by atoms with Gasteiger partial charge in [0.1, 0.15) is 0 Å². The normalized spacial score (nSPS) is 13.1. The first-order chi connectivity index (χ1) is 9.06. The third kappa shape index (κ3) is 3.75. The highest BCUT2D eigenvalue weighted by atomic mass is 16.3. The molecule has 2 N–H and O–H groups in total. The molecule has 0 amide bonds. The van der Waals surface area contributed by atoms with Gasteiger partial charge in [0.15, 0.2) is 0 Å². The monoisotopic (exact) mass is 258 g/mol. The van der Waals surface area contributed by atoms with E-state index < -0.39 is 0 Å². The fraction of sp³-hybridized carbons (Fsp3) is 0.438. The largest absolute Gasteiger partial charge is 0.392 e. The fourth-order valence-corrected chi connectivity index (χ4v) is 1.99. The molecule has 1 atom stereocenters. The van der Waals surface area contributed by atoms with Crippen molar-refractivity contribution in [3.05, 3.63) is 41.6 Å². The van der Waals surface area contributed by atoms with Crippen LogP contribution in [0.15, 0.2) is 30.3 Å². The molecule has 1 aromatic carbocycles. The van der Waals surface area contributed by atoms with Gasteiger partial charge in [0.2, 0.25) is 0 Å². The van der Waals surface area contributed by atoms with Crippen LogP contribution in [0.25, 0.3) is 10.9 Å². The summed E-state index contributed by atoms with van der Waals surface area (Å²) in [5.74, 6) is 0.288. The Hall–Kier alpha value is -1.45. The van der Waals surface area contributed by atoms with Crippen molar-refractivity contribution in [2.24, 2.45) is 5.92 Å². The Kier molecular flexibility index (Phi) is 4.51. The summed E-state index contributed by atoms with van der Waals surface area (Å²) < 4.78 is 0. The summed E-state index contributed by atoms with van der Waals surface area (Å²) in [6, 6.07) is 10.4. The number of aliphatic hydroxyl groups excluding tert-OH is 1. The Bertz CT molecular complexity index is 551. The average Bonchev–Trinajstić information content (AvgIpc) is 2.38. The maximum atomic E-state index is 9.73. The number of pyridine rings is 1. The molecule has 0 fully saturated rings. The van der Waals surface area contributed by atoms with Crippen LogP contribution in [0, 0.1) is 12.8 Å². The molecule has 3 nitrogen and oxygen atoms in total. The second-order valence-corrected chi connectivity index (χ2v) is 5.42. The van der Waals surface area contributed by atoms with Gasteiger partial charge in [-0.15, -0.1) is 0 Å². The van der Waals surface area contributed by atoms with Crippen LogP contribution in [0.1, 0.15) is 25.1 Å². The number of nitrogens with one attached hydrogen (secondary N) is 1. The summed E-state index contributed by atoms with van der Waals surface area (Å²) >= 11 is 0. The predicted octanol–water partition coefficient (Wildman–Crippen LogP) is 2.65. The number of hydrogen-bond acceptors (Lipinski definition) is 3. The Balaban J connectivity index is 2.00. The fourth-order valence-electron chi connectivity index (χ4n) is 1.99. The Morgan fingerprint density at radius 1 is 1.21 bits per heavy atom. The number of aromatic nitrogens is 1. The van der Waals surface area contributed by atoms with Crippen molar-refractivity contribution in [3.63, 3.8) is 0 Å². The van der Waals surface area contributed by atoms with Gasteiger partial charge in [-0.2, -0.15) is 0 Å². The summed E-state index contributed by atoms with van der Waals surface area (Å²) in [6.45, 7) is 7.45. The Labute approximate surface area is 114 Å². The topological polar surface area (TPSA) is 45.1 Å². The van der Waals surface area contributed by atoms with Crippen molar-refractivity contribution in [3.8, 4) is 0 Å². The molecular weight excluding hydrogens is 236 g/mol. The average molecular weight is 258 g/mol. The van der Waals surface area contributed by atoms with Crippen LogP contribution in [-0.4, -0.2) is 22.7 Å². The minimum atomic E-state index is -0.287. The quantitative estimate of drug-likeness (QED) is 0.866. The van der Waals surface area contributed by atoms with Gasteiger partial charge in [-0.3, -0.25) is 4.98 Å². The van der Waals surface area contributed by atoms with Crippen LogP contribution in [0.5, 0.6) is 0 Å². The summed E-state index contributed by atoms with van der Waals surface area (Å²) in [7, 11) is 0. The van der Waals surface area contributed by atoms with Crippen LogP contribution < -0.4 is 5.32 Å². The lowest BCUT2D eigenvalue weighted by atomic mass is 10.1. The summed E-state index contributed by atoms with van der Waals surface area (Å²) in [5, 5.41) is 14.2. The second-order valence-electron chi connectivity index (χ2n) is 5.42. The van der Waals surface area contributed by atoms with Crippen molar-refractivity contribution in [2.75, 3.05) is 6.54 Å². The van der Waals surface area contributed by atoms with E-state index in [2.05, 4.69) is 34.6 Å². The molecule has 3 heteroatoms. The molecule has 1 heterocycles. The van der Waals surface area contributed by atoms with E-state index in [0.29, 0.717) is 6.54 Å². The lowest BCUT2D eigenvalue weighted by Crippen LogP contribution is -2.30. The zero-order valence-corrected chi connectivity index (χ0v) is 11.9. The molecule has 0 radical (unpaired) electrons. The van der Waals surface area contributed by atoms with Gasteiger partial charge in [-0.05, 0) is 36.6 Å². The van der Waals surface area contributed by atoms with E-state index in [1.807, 2.05) is 26.8 Å². The first-order valence-electron chi connectivity index (χ1n) is 6.81. The van der Waals surface area contributed by atoms with Gasteiger partial charge in [-0.1, -0.05) is 26.0 Å². The number of aryl methyl sites for hydroxylation is 1. The van der Waals surface area contributed by atoms with E-state index in [9.17, 15) is 5.11 Å². The standard InChI is InChI=1S/C16H22N2O/c1-11(2)16(19)10-17-9-13-5-7-15-14(8-13)6-4-12(3)18-15/h4-8,11,16-17,19H,9-10H2,1-3H3. The Morgan fingerprint density at radius 2 is 2.00 bits per heavy atom. The molecule has 19 heavy (non-hydrogen) atoms. The van der Waals surface area contributed by atoms with Gasteiger partial charge >= 0.3 is 0 Å². The maximum Gasteiger partial charge on any atom is 0.0705 e. The molecule has 0 saturated heterocycles. The molecule has 1 aromatic heterocycles. The van der Waals surface area contributed by atoms with E-state index in [4.69, 9.17) is 0 Å². The van der Waals surface area contributed by atoms with Gasteiger partial charge in [0, 0.05) is 24.2 Å². The smallest absolute Gasteiger partial charge is 0.0705 e. The maximum absolute atomic E-state index is 9.73. The predicted molar refractivity (Wildman–Crippen MR) is 79.0 cm³/mol. The SMILES string of the molecule is Cc1ccc2cc(CNCC(O)C(C)C)ccc2n1. The van der Waals surface area contributed by atoms with Gasteiger partial charge in [-0.25, -0.2) is 0 Å². The summed E-state index contributed by atoms with van der Waals surface area (Å²) in [4.78, 5) is 4.49. The third-order valence-corrected chi connectivity index (χ3v) is 3.34. The van der Waals surface area contributed by atoms with E-state index in [1.165, 1.54) is 5.56 Å². The molecule has 0 aliphatic rings. The third-order valence-electron chi connectivity index (χ3n) is 3.34. The van der Waals surface area contributed by atoms with Crippen molar-refractivity contribution < 1.29 is 5.11 Å². The van der Waals surface area contributed by atoms with E-state index >= 15 is 0 Å². The highest BCUT2D eigenvalue weighted by Gasteiger charge is 2.07. The van der Waals surface area contributed by atoms with Gasteiger partial charge < -0.3 is 10.4 Å². The molecule has 0 aliphatic carbocycles. The van der Waals surface area contributed by atoms with Gasteiger partial charge in [0.05, 0.1) is 11.6 Å². The summed E-state index contributed by atoms with van der Waals surface area (Å²) in [5.41, 5.74) is 3.29. The number of rotatable bonds is 5. The minimum absolute atomic E-state index is 0.287. The molecule has 0 saturated carbocycles. The number of fused-ring (bicyclic) bond motifs is 1. The number of aliphatic hydroxyl groups is 1. The molecule has 102 valence electrons. The lowest BCUT2D eigenvalue weighted by Gasteiger charge is -2.15. The highest BCUT2D eigenvalue weighted by molar-refractivity contribution is 5.79. The van der Waals surface area contributed by atoms with Crippen molar-refractivity contribution in [1.82, 2.24) is 10.3 Å². The molecule has 1 unspecified atom stereocenters. The van der Waals surface area contributed by atoms with Crippen LogP contribution in [0.4, 0.5) is 0 Å².